The monoisotopic (exact) mass is 299 g/mol. The molecule has 0 atom stereocenters. The number of nitrogens with one attached hydrogen (secondary N) is 1. The molecule has 0 bridgehead atoms. The van der Waals surface area contributed by atoms with Crippen molar-refractivity contribution in [3.05, 3.63) is 30.2 Å². The van der Waals surface area contributed by atoms with E-state index in [1.54, 1.807) is 0 Å². The highest BCUT2D eigenvalue weighted by molar-refractivity contribution is 5.82. The van der Waals surface area contributed by atoms with Gasteiger partial charge < -0.3 is 9.88 Å². The maximum absolute atomic E-state index is 4.31. The van der Waals surface area contributed by atoms with Gasteiger partial charge in [0, 0.05) is 35.0 Å². The van der Waals surface area contributed by atoms with E-state index in [0.29, 0.717) is 11.5 Å². The first-order valence-electron chi connectivity index (χ1n) is 8.75. The number of H-pyrrole nitrogens is 1. The van der Waals surface area contributed by atoms with Crippen molar-refractivity contribution in [2.75, 3.05) is 14.1 Å². The lowest BCUT2D eigenvalue weighted by Gasteiger charge is -2.45. The van der Waals surface area contributed by atoms with Gasteiger partial charge in [-0.1, -0.05) is 19.8 Å². The molecule has 0 saturated heterocycles. The van der Waals surface area contributed by atoms with Crippen LogP contribution in [0.4, 0.5) is 0 Å². The molecule has 0 spiro atoms. The van der Waals surface area contributed by atoms with Crippen LogP contribution in [0.3, 0.4) is 0 Å². The zero-order valence-electron chi connectivity index (χ0n) is 14.2. The van der Waals surface area contributed by atoms with Crippen LogP contribution in [0.1, 0.15) is 63.4 Å². The molecule has 0 aliphatic heterocycles. The van der Waals surface area contributed by atoms with E-state index >= 15 is 0 Å². The Morgan fingerprint density at radius 2 is 2.09 bits per heavy atom. The van der Waals surface area contributed by atoms with Gasteiger partial charge in [-0.15, -0.1) is 0 Å². The molecule has 0 unspecified atom stereocenters. The normalized spacial score (nSPS) is 25.9. The summed E-state index contributed by atoms with van der Waals surface area (Å²) in [4.78, 5) is 10.2. The molecule has 0 amide bonds. The molecule has 2 aromatic rings. The number of nitrogens with zero attached hydrogens (tertiary/aromatic N) is 2. The average Bonchev–Trinajstić information content (AvgIpc) is 2.97. The molecule has 0 radical (unpaired) electrons. The Bertz CT molecular complexity index is 606. The summed E-state index contributed by atoms with van der Waals surface area (Å²) >= 11 is 0. The van der Waals surface area contributed by atoms with E-state index in [1.807, 2.05) is 12.4 Å². The summed E-state index contributed by atoms with van der Waals surface area (Å²) in [6.07, 6.45) is 15.3. The molecule has 2 heterocycles. The molecule has 22 heavy (non-hydrogen) atoms. The summed E-state index contributed by atoms with van der Waals surface area (Å²) in [6.45, 7) is 2.30. The Hall–Kier alpha value is -1.35. The van der Waals surface area contributed by atoms with Gasteiger partial charge in [0.25, 0.3) is 0 Å². The summed E-state index contributed by atoms with van der Waals surface area (Å²) in [7, 11) is 4.54. The second-order valence-corrected chi connectivity index (χ2v) is 7.16. The number of hydrogen-bond donors (Lipinski definition) is 1. The third kappa shape index (κ3) is 2.79. The number of unbranched alkanes of at least 4 members (excludes halogenated alkanes) is 1. The predicted molar refractivity (Wildman–Crippen MR) is 93.2 cm³/mol. The van der Waals surface area contributed by atoms with Crippen molar-refractivity contribution in [1.29, 1.82) is 0 Å². The fraction of sp³-hybridized carbons (Fsp3) is 0.632. The van der Waals surface area contributed by atoms with E-state index in [0.717, 1.165) is 0 Å². The largest absolute Gasteiger partial charge is 0.361 e. The SMILES string of the molecule is CCCCC1(N(C)C)CCC(c2c[nH]c3ccncc23)CC1. The van der Waals surface area contributed by atoms with Crippen molar-refractivity contribution < 1.29 is 0 Å². The van der Waals surface area contributed by atoms with Gasteiger partial charge >= 0.3 is 0 Å². The molecule has 1 N–H and O–H groups in total. The van der Waals surface area contributed by atoms with Crippen molar-refractivity contribution in [1.82, 2.24) is 14.9 Å². The maximum Gasteiger partial charge on any atom is 0.0487 e. The van der Waals surface area contributed by atoms with Crippen LogP contribution in [-0.4, -0.2) is 34.5 Å². The molecular weight excluding hydrogens is 270 g/mol. The van der Waals surface area contributed by atoms with Crippen LogP contribution in [0.15, 0.2) is 24.7 Å². The van der Waals surface area contributed by atoms with Crippen LogP contribution < -0.4 is 0 Å². The molecule has 3 heteroatoms. The van der Waals surface area contributed by atoms with E-state index in [1.165, 1.54) is 61.4 Å². The molecule has 3 rings (SSSR count). The fourth-order valence-corrected chi connectivity index (χ4v) is 4.21. The Kier molecular flexibility index (Phi) is 4.53. The molecule has 0 aromatic carbocycles. The molecule has 3 nitrogen and oxygen atoms in total. The topological polar surface area (TPSA) is 31.9 Å². The van der Waals surface area contributed by atoms with Gasteiger partial charge in [-0.25, -0.2) is 0 Å². The lowest BCUT2D eigenvalue weighted by atomic mass is 9.71. The Morgan fingerprint density at radius 1 is 1.32 bits per heavy atom. The highest BCUT2D eigenvalue weighted by Crippen LogP contribution is 2.44. The lowest BCUT2D eigenvalue weighted by Crippen LogP contribution is -2.46. The first-order valence-corrected chi connectivity index (χ1v) is 8.75. The molecule has 1 aliphatic rings. The van der Waals surface area contributed by atoms with Crippen molar-refractivity contribution in [2.24, 2.45) is 0 Å². The van der Waals surface area contributed by atoms with E-state index in [-0.39, 0.29) is 0 Å². The number of rotatable bonds is 5. The third-order valence-corrected chi connectivity index (χ3v) is 5.82. The number of fused-ring (bicyclic) bond motifs is 1. The molecule has 1 aliphatic carbocycles. The smallest absolute Gasteiger partial charge is 0.0487 e. The van der Waals surface area contributed by atoms with E-state index in [4.69, 9.17) is 0 Å². The van der Waals surface area contributed by atoms with Gasteiger partial charge in [0.2, 0.25) is 0 Å². The van der Waals surface area contributed by atoms with Crippen LogP contribution in [0.5, 0.6) is 0 Å². The zero-order valence-corrected chi connectivity index (χ0v) is 14.2. The van der Waals surface area contributed by atoms with Gasteiger partial charge in [-0.05, 0) is 63.7 Å². The van der Waals surface area contributed by atoms with Gasteiger partial charge in [0.1, 0.15) is 0 Å². The van der Waals surface area contributed by atoms with E-state index in [9.17, 15) is 0 Å². The van der Waals surface area contributed by atoms with E-state index < -0.39 is 0 Å². The molecular formula is C19H29N3. The second-order valence-electron chi connectivity index (χ2n) is 7.16. The van der Waals surface area contributed by atoms with Gasteiger partial charge in [-0.3, -0.25) is 4.98 Å². The first-order chi connectivity index (χ1) is 10.7. The predicted octanol–water partition coefficient (Wildman–Crippen LogP) is 4.71. The summed E-state index contributed by atoms with van der Waals surface area (Å²) in [5, 5.41) is 1.32. The minimum absolute atomic E-state index is 0.427. The molecule has 120 valence electrons. The third-order valence-electron chi connectivity index (χ3n) is 5.82. The van der Waals surface area contributed by atoms with Gasteiger partial charge in [0.15, 0.2) is 0 Å². The summed E-state index contributed by atoms with van der Waals surface area (Å²) in [5.74, 6) is 0.688. The number of hydrogen-bond acceptors (Lipinski definition) is 2. The highest BCUT2D eigenvalue weighted by Gasteiger charge is 2.37. The van der Waals surface area contributed by atoms with Crippen LogP contribution in [0, 0.1) is 0 Å². The number of aromatic amines is 1. The van der Waals surface area contributed by atoms with Gasteiger partial charge in [-0.2, -0.15) is 0 Å². The second kappa shape index (κ2) is 6.41. The minimum Gasteiger partial charge on any atom is -0.361 e. The summed E-state index contributed by atoms with van der Waals surface area (Å²) in [5.41, 5.74) is 3.13. The lowest BCUT2D eigenvalue weighted by molar-refractivity contribution is 0.0809. The maximum atomic E-state index is 4.31. The van der Waals surface area contributed by atoms with Crippen LogP contribution in [0.25, 0.3) is 10.9 Å². The van der Waals surface area contributed by atoms with Crippen molar-refractivity contribution in [3.63, 3.8) is 0 Å². The number of pyridine rings is 1. The number of aromatic nitrogens is 2. The van der Waals surface area contributed by atoms with Gasteiger partial charge in [0.05, 0.1) is 0 Å². The van der Waals surface area contributed by atoms with Crippen LogP contribution in [0.2, 0.25) is 0 Å². The standard InChI is InChI=1S/C19H29N3/c1-4-5-9-19(22(2)3)10-6-15(7-11-19)16-14-21-18-8-12-20-13-17(16)18/h8,12-15,21H,4-7,9-11H2,1-3H3. The van der Waals surface area contributed by atoms with Crippen molar-refractivity contribution in [2.45, 2.75) is 63.3 Å². The molecule has 1 fully saturated rings. The van der Waals surface area contributed by atoms with E-state index in [2.05, 4.69) is 48.2 Å². The Labute approximate surface area is 134 Å². The van der Waals surface area contributed by atoms with Crippen molar-refractivity contribution >= 4 is 10.9 Å². The van der Waals surface area contributed by atoms with Crippen molar-refractivity contribution in [3.8, 4) is 0 Å². The fourth-order valence-electron chi connectivity index (χ4n) is 4.21. The average molecular weight is 299 g/mol. The first kappa shape index (κ1) is 15.5. The Morgan fingerprint density at radius 3 is 2.77 bits per heavy atom. The molecule has 2 aromatic heterocycles. The summed E-state index contributed by atoms with van der Waals surface area (Å²) in [6, 6.07) is 2.08. The molecule has 1 saturated carbocycles. The summed E-state index contributed by atoms with van der Waals surface area (Å²) < 4.78 is 0. The Balaban J connectivity index is 1.75. The quantitative estimate of drug-likeness (QED) is 0.867. The highest BCUT2D eigenvalue weighted by atomic mass is 15.1. The minimum atomic E-state index is 0.427. The zero-order chi connectivity index (χ0) is 15.6. The van der Waals surface area contributed by atoms with Crippen LogP contribution >= 0.6 is 0 Å². The van der Waals surface area contributed by atoms with Crippen LogP contribution in [-0.2, 0) is 0 Å².